The van der Waals surface area contributed by atoms with Gasteiger partial charge in [0.15, 0.2) is 12.4 Å². The molecule has 0 spiro atoms. The lowest BCUT2D eigenvalue weighted by Gasteiger charge is -2.26. The highest BCUT2D eigenvalue weighted by Crippen LogP contribution is 2.20. The summed E-state index contributed by atoms with van der Waals surface area (Å²) >= 11 is 0. The maximum Gasteiger partial charge on any atom is 0.306 e. The number of esters is 2. The van der Waals surface area contributed by atoms with Crippen molar-refractivity contribution in [2.45, 2.75) is 399 Å². The molecule has 0 aromatic heterocycles. The first-order valence-electron chi connectivity index (χ1n) is 38.8. The van der Waals surface area contributed by atoms with Gasteiger partial charge in [-0.2, -0.15) is 0 Å². The van der Waals surface area contributed by atoms with Gasteiger partial charge >= 0.3 is 11.9 Å². The zero-order valence-electron chi connectivity index (χ0n) is 59.8. The number of unbranched alkanes of at least 4 members (excludes halogenated alkanes) is 50. The lowest BCUT2D eigenvalue weighted by molar-refractivity contribution is -0.870. The van der Waals surface area contributed by atoms with Crippen LogP contribution in [-0.4, -0.2) is 82.3 Å². The van der Waals surface area contributed by atoms with E-state index >= 15 is 0 Å². The second kappa shape index (κ2) is 71.1. The molecule has 0 aromatic carbocycles. The third-order valence-electron chi connectivity index (χ3n) is 17.6. The average molecular weight is 1250 g/mol. The van der Waals surface area contributed by atoms with Crippen LogP contribution in [0.1, 0.15) is 386 Å². The van der Waals surface area contributed by atoms with Gasteiger partial charge in [-0.05, 0) is 51.4 Å². The Hall–Kier alpha value is -2.75. The van der Waals surface area contributed by atoms with Crippen molar-refractivity contribution < 1.29 is 42.9 Å². The van der Waals surface area contributed by atoms with Crippen LogP contribution in [0.3, 0.4) is 0 Å². The Balaban J connectivity index is 3.99. The first-order valence-corrected chi connectivity index (χ1v) is 38.8. The number of quaternary nitrogens is 1. The SMILES string of the molecule is CC/C=C\C/C=C\C/C=C\C/C=C\CCCCCCCCCCCCCCCCCCCCCCC(=O)OC(COC(=O)CCCCCCCCCCCCCCCCCCCCCCCCCCCCCCCCC)COC(OCC[N+](C)(C)C)C(=O)[O-]. The number of likely N-dealkylation sites (N-methyl/N-ethyl adjacent to an activating group) is 1. The van der Waals surface area contributed by atoms with E-state index in [1.807, 2.05) is 21.1 Å². The van der Waals surface area contributed by atoms with Crippen molar-refractivity contribution in [3.05, 3.63) is 48.6 Å². The minimum atomic E-state index is -1.62. The molecule has 0 radical (unpaired) electrons. The lowest BCUT2D eigenvalue weighted by Crippen LogP contribution is -2.44. The first-order chi connectivity index (χ1) is 43.6. The fraction of sp³-hybridized carbons (Fsp3) is 0.863. The number of carbonyl (C=O) groups excluding carboxylic acids is 3. The molecule has 0 aliphatic rings. The highest BCUT2D eigenvalue weighted by Gasteiger charge is 2.22. The van der Waals surface area contributed by atoms with E-state index in [1.165, 1.54) is 295 Å². The highest BCUT2D eigenvalue weighted by atomic mass is 16.7. The molecule has 0 aliphatic heterocycles. The molecular weight excluding hydrogens is 1100 g/mol. The van der Waals surface area contributed by atoms with Crippen molar-refractivity contribution in [1.29, 1.82) is 0 Å². The molecule has 0 bridgehead atoms. The number of carbonyl (C=O) groups is 3. The second-order valence-electron chi connectivity index (χ2n) is 27.6. The van der Waals surface area contributed by atoms with Crippen LogP contribution in [0.25, 0.3) is 0 Å². The number of carboxylic acid groups (broad SMARTS) is 1. The van der Waals surface area contributed by atoms with E-state index in [0.29, 0.717) is 17.4 Å². The Morgan fingerprint density at radius 2 is 0.640 bits per heavy atom. The number of allylic oxidation sites excluding steroid dienone is 8. The third kappa shape index (κ3) is 72.5. The van der Waals surface area contributed by atoms with Gasteiger partial charge in [-0.15, -0.1) is 0 Å². The molecule has 9 nitrogen and oxygen atoms in total. The summed E-state index contributed by atoms with van der Waals surface area (Å²) in [7, 11) is 5.95. The number of ether oxygens (including phenoxy) is 4. The number of carboxylic acids is 1. The molecule has 0 fully saturated rings. The summed E-state index contributed by atoms with van der Waals surface area (Å²) in [4.78, 5) is 37.6. The van der Waals surface area contributed by atoms with Crippen LogP contribution in [0, 0.1) is 0 Å². The number of hydrogen-bond acceptors (Lipinski definition) is 8. The summed E-state index contributed by atoms with van der Waals surface area (Å²) in [5.41, 5.74) is 0. The fourth-order valence-corrected chi connectivity index (χ4v) is 11.7. The molecule has 0 aliphatic carbocycles. The smallest absolute Gasteiger partial charge is 0.306 e. The Morgan fingerprint density at radius 1 is 0.348 bits per heavy atom. The summed E-state index contributed by atoms with van der Waals surface area (Å²) in [6.07, 6.45) is 89.5. The van der Waals surface area contributed by atoms with E-state index in [4.69, 9.17) is 18.9 Å². The van der Waals surface area contributed by atoms with Crippen LogP contribution in [0.15, 0.2) is 48.6 Å². The summed E-state index contributed by atoms with van der Waals surface area (Å²) in [6.45, 7) is 4.71. The number of hydrogen-bond donors (Lipinski definition) is 0. The molecule has 0 saturated heterocycles. The van der Waals surface area contributed by atoms with E-state index in [2.05, 4.69) is 62.5 Å². The molecule has 522 valence electrons. The fourth-order valence-electron chi connectivity index (χ4n) is 11.7. The summed E-state index contributed by atoms with van der Waals surface area (Å²) in [5.74, 6) is -2.25. The first kappa shape index (κ1) is 86.2. The molecule has 0 amide bonds. The topological polar surface area (TPSA) is 111 Å². The quantitative estimate of drug-likeness (QED) is 0.0195. The Kier molecular flexibility index (Phi) is 68.9. The van der Waals surface area contributed by atoms with Gasteiger partial charge in [-0.1, -0.05) is 371 Å². The molecule has 0 saturated carbocycles. The van der Waals surface area contributed by atoms with Gasteiger partial charge in [0.25, 0.3) is 0 Å². The van der Waals surface area contributed by atoms with E-state index in [0.717, 1.165) is 64.2 Å². The van der Waals surface area contributed by atoms with Crippen LogP contribution in [0.5, 0.6) is 0 Å². The molecule has 9 heteroatoms. The maximum absolute atomic E-state index is 13.0. The molecule has 2 atom stereocenters. The average Bonchev–Trinajstić information content (AvgIpc) is 3.64. The Labute approximate surface area is 553 Å². The Bertz CT molecular complexity index is 1600. The molecule has 2 unspecified atom stereocenters. The third-order valence-corrected chi connectivity index (χ3v) is 17.6. The van der Waals surface area contributed by atoms with E-state index < -0.39 is 24.3 Å². The standard InChI is InChI=1S/C80H149NO8/c1-6-8-10-12-14-16-18-20-22-24-26-28-30-32-34-36-38-39-41-43-45-47-49-51-53-55-57-59-61-63-65-67-69-71-78(83)89-76(75-88-80(79(84)85)86-73-72-81(3,4)5)74-87-77(82)70-68-66-64-62-60-58-56-54-52-50-48-46-44-42-40-37-35-33-31-29-27-25-23-21-19-17-15-13-11-9-7-2/h8,10,14,16,20,22,26,28,76,80H,6-7,9,11-13,15,17-19,21,23-25,27,29-75H2,1-5H3/b10-8-,16-14-,22-20-,28-26-. The van der Waals surface area contributed by atoms with Gasteiger partial charge in [0.2, 0.25) is 0 Å². The number of aliphatic carboxylic acids is 1. The van der Waals surface area contributed by atoms with Gasteiger partial charge in [0.05, 0.1) is 40.3 Å². The molecule has 0 heterocycles. The Morgan fingerprint density at radius 3 is 0.955 bits per heavy atom. The zero-order valence-corrected chi connectivity index (χ0v) is 59.8. The van der Waals surface area contributed by atoms with Crippen molar-refractivity contribution in [2.24, 2.45) is 0 Å². The van der Waals surface area contributed by atoms with Gasteiger partial charge < -0.3 is 33.3 Å². The van der Waals surface area contributed by atoms with Gasteiger partial charge in [-0.3, -0.25) is 9.59 Å². The highest BCUT2D eigenvalue weighted by molar-refractivity contribution is 5.70. The molecular formula is C80H149NO8. The van der Waals surface area contributed by atoms with Gasteiger partial charge in [0, 0.05) is 12.8 Å². The predicted molar refractivity (Wildman–Crippen MR) is 380 cm³/mol. The summed E-state index contributed by atoms with van der Waals surface area (Å²) in [5, 5.41) is 11.8. The summed E-state index contributed by atoms with van der Waals surface area (Å²) < 4.78 is 22.9. The lowest BCUT2D eigenvalue weighted by atomic mass is 10.0. The van der Waals surface area contributed by atoms with Crippen molar-refractivity contribution >= 4 is 17.9 Å². The second-order valence-corrected chi connectivity index (χ2v) is 27.6. The molecule has 0 rings (SSSR count). The monoisotopic (exact) mass is 1250 g/mol. The van der Waals surface area contributed by atoms with Gasteiger partial charge in [-0.25, -0.2) is 0 Å². The predicted octanol–water partition coefficient (Wildman–Crippen LogP) is 23.1. The van der Waals surface area contributed by atoms with Crippen molar-refractivity contribution in [1.82, 2.24) is 0 Å². The minimum absolute atomic E-state index is 0.151. The zero-order chi connectivity index (χ0) is 64.7. The van der Waals surface area contributed by atoms with Crippen molar-refractivity contribution in [3.63, 3.8) is 0 Å². The minimum Gasteiger partial charge on any atom is -0.545 e. The molecule has 0 aromatic rings. The van der Waals surface area contributed by atoms with Crippen molar-refractivity contribution in [3.8, 4) is 0 Å². The van der Waals surface area contributed by atoms with Crippen molar-refractivity contribution in [2.75, 3.05) is 47.5 Å². The molecule has 89 heavy (non-hydrogen) atoms. The maximum atomic E-state index is 13.0. The van der Waals surface area contributed by atoms with Crippen LogP contribution in [0.2, 0.25) is 0 Å². The van der Waals surface area contributed by atoms with Crippen LogP contribution in [-0.2, 0) is 33.3 Å². The largest absolute Gasteiger partial charge is 0.545 e. The van der Waals surface area contributed by atoms with Crippen LogP contribution in [0.4, 0.5) is 0 Å². The molecule has 0 N–H and O–H groups in total. The normalized spacial score (nSPS) is 12.9. The van der Waals surface area contributed by atoms with E-state index in [1.54, 1.807) is 0 Å². The number of rotatable bonds is 73. The number of nitrogens with zero attached hydrogens (tertiary/aromatic N) is 1. The van der Waals surface area contributed by atoms with E-state index in [-0.39, 0.29) is 32.2 Å². The van der Waals surface area contributed by atoms with Crippen LogP contribution >= 0.6 is 0 Å². The van der Waals surface area contributed by atoms with Gasteiger partial charge in [0.1, 0.15) is 13.2 Å². The summed E-state index contributed by atoms with van der Waals surface area (Å²) in [6, 6.07) is 0. The van der Waals surface area contributed by atoms with E-state index in [9.17, 15) is 19.5 Å². The van der Waals surface area contributed by atoms with Crippen LogP contribution < -0.4 is 5.11 Å².